The van der Waals surface area contributed by atoms with Crippen molar-refractivity contribution in [2.24, 2.45) is 0 Å². The van der Waals surface area contributed by atoms with Gasteiger partial charge in [0.05, 0.1) is 6.20 Å². The minimum absolute atomic E-state index is 0.0429. The predicted molar refractivity (Wildman–Crippen MR) is 105 cm³/mol. The van der Waals surface area contributed by atoms with E-state index in [0.29, 0.717) is 18.7 Å². The van der Waals surface area contributed by atoms with Crippen LogP contribution in [0.25, 0.3) is 11.5 Å². The maximum absolute atomic E-state index is 12.3. The van der Waals surface area contributed by atoms with Gasteiger partial charge in [0.15, 0.2) is 5.76 Å². The lowest BCUT2D eigenvalue weighted by Gasteiger charge is -2.21. The van der Waals surface area contributed by atoms with Crippen molar-refractivity contribution >= 4 is 5.91 Å². The Labute approximate surface area is 159 Å². The van der Waals surface area contributed by atoms with Crippen LogP contribution in [0.4, 0.5) is 0 Å². The molecule has 0 aliphatic carbocycles. The maximum Gasteiger partial charge on any atom is 0.253 e. The van der Waals surface area contributed by atoms with Crippen molar-refractivity contribution in [2.45, 2.75) is 39.9 Å². The first-order valence-corrected chi connectivity index (χ1v) is 9.11. The molecular formula is C21H26N4O2. The fourth-order valence-corrected chi connectivity index (χ4v) is 2.77. The predicted octanol–water partition coefficient (Wildman–Crippen LogP) is 3.75. The molecule has 0 spiro atoms. The fraction of sp³-hybridized carbons (Fsp3) is 0.333. The van der Waals surface area contributed by atoms with Crippen LogP contribution >= 0.6 is 0 Å². The van der Waals surface area contributed by atoms with Crippen LogP contribution in [-0.2, 0) is 13.1 Å². The number of furan rings is 1. The Balaban J connectivity index is 1.57. The van der Waals surface area contributed by atoms with E-state index in [0.717, 1.165) is 28.3 Å². The Morgan fingerprint density at radius 3 is 2.56 bits per heavy atom. The number of carbonyl (C=O) groups is 1. The molecule has 0 unspecified atom stereocenters. The smallest absolute Gasteiger partial charge is 0.253 e. The average Bonchev–Trinajstić information content (AvgIpc) is 3.29. The SMILES string of the molecule is Cc1ccc(-c2[nH]ncc2CNCc2ccc(C(=O)N(C)C(C)C)cc2)o1. The van der Waals surface area contributed by atoms with Gasteiger partial charge in [0.2, 0.25) is 0 Å². The van der Waals surface area contributed by atoms with Gasteiger partial charge in [-0.25, -0.2) is 0 Å². The van der Waals surface area contributed by atoms with E-state index in [4.69, 9.17) is 4.42 Å². The summed E-state index contributed by atoms with van der Waals surface area (Å²) in [6, 6.07) is 11.8. The van der Waals surface area contributed by atoms with E-state index in [1.165, 1.54) is 0 Å². The van der Waals surface area contributed by atoms with Gasteiger partial charge in [-0.3, -0.25) is 9.89 Å². The van der Waals surface area contributed by atoms with Crippen LogP contribution in [0, 0.1) is 6.92 Å². The summed E-state index contributed by atoms with van der Waals surface area (Å²) in [6.07, 6.45) is 1.81. The Bertz CT molecular complexity index is 893. The molecule has 2 N–H and O–H groups in total. The van der Waals surface area contributed by atoms with Gasteiger partial charge in [0.25, 0.3) is 5.91 Å². The van der Waals surface area contributed by atoms with Gasteiger partial charge in [0, 0.05) is 37.3 Å². The number of aryl methyl sites for hydroxylation is 1. The average molecular weight is 366 g/mol. The zero-order valence-electron chi connectivity index (χ0n) is 16.2. The molecule has 0 atom stereocenters. The number of amides is 1. The number of aromatic nitrogens is 2. The lowest BCUT2D eigenvalue weighted by molar-refractivity contribution is 0.0755. The van der Waals surface area contributed by atoms with Crippen molar-refractivity contribution in [3.8, 4) is 11.5 Å². The van der Waals surface area contributed by atoms with Gasteiger partial charge in [-0.05, 0) is 50.6 Å². The summed E-state index contributed by atoms with van der Waals surface area (Å²) < 4.78 is 5.67. The van der Waals surface area contributed by atoms with E-state index in [2.05, 4.69) is 15.5 Å². The van der Waals surface area contributed by atoms with Gasteiger partial charge in [-0.2, -0.15) is 5.10 Å². The summed E-state index contributed by atoms with van der Waals surface area (Å²) in [5.41, 5.74) is 3.78. The Hall–Kier alpha value is -2.86. The summed E-state index contributed by atoms with van der Waals surface area (Å²) in [5.74, 6) is 1.71. The summed E-state index contributed by atoms with van der Waals surface area (Å²) in [6.45, 7) is 7.30. The second-order valence-corrected chi connectivity index (χ2v) is 6.99. The van der Waals surface area contributed by atoms with E-state index >= 15 is 0 Å². The Morgan fingerprint density at radius 1 is 1.19 bits per heavy atom. The summed E-state index contributed by atoms with van der Waals surface area (Å²) in [7, 11) is 1.82. The largest absolute Gasteiger partial charge is 0.460 e. The lowest BCUT2D eigenvalue weighted by atomic mass is 10.1. The van der Waals surface area contributed by atoms with E-state index in [9.17, 15) is 4.79 Å². The molecule has 1 aromatic carbocycles. The molecule has 6 nitrogen and oxygen atoms in total. The molecular weight excluding hydrogens is 340 g/mol. The minimum atomic E-state index is 0.0429. The summed E-state index contributed by atoms with van der Waals surface area (Å²) in [5, 5.41) is 10.5. The number of nitrogens with zero attached hydrogens (tertiary/aromatic N) is 2. The van der Waals surface area contributed by atoms with Gasteiger partial charge in [0.1, 0.15) is 11.5 Å². The van der Waals surface area contributed by atoms with E-state index < -0.39 is 0 Å². The van der Waals surface area contributed by atoms with Crippen LogP contribution in [0.1, 0.15) is 41.1 Å². The zero-order valence-corrected chi connectivity index (χ0v) is 16.2. The van der Waals surface area contributed by atoms with Crippen molar-refractivity contribution in [2.75, 3.05) is 7.05 Å². The van der Waals surface area contributed by atoms with Gasteiger partial charge >= 0.3 is 0 Å². The molecule has 0 aliphatic heterocycles. The molecule has 3 rings (SSSR count). The van der Waals surface area contributed by atoms with Gasteiger partial charge in [-0.1, -0.05) is 12.1 Å². The first-order valence-electron chi connectivity index (χ1n) is 9.11. The lowest BCUT2D eigenvalue weighted by Crippen LogP contribution is -2.32. The van der Waals surface area contributed by atoms with Crippen LogP contribution in [0.5, 0.6) is 0 Å². The molecule has 1 amide bonds. The first-order chi connectivity index (χ1) is 13.0. The number of nitrogens with one attached hydrogen (secondary N) is 2. The van der Waals surface area contributed by atoms with Crippen LogP contribution < -0.4 is 5.32 Å². The highest BCUT2D eigenvalue weighted by molar-refractivity contribution is 5.94. The molecule has 27 heavy (non-hydrogen) atoms. The van der Waals surface area contributed by atoms with Crippen LogP contribution in [-0.4, -0.2) is 34.1 Å². The second kappa shape index (κ2) is 8.22. The molecule has 0 radical (unpaired) electrons. The summed E-state index contributed by atoms with van der Waals surface area (Å²) >= 11 is 0. The van der Waals surface area contributed by atoms with E-state index in [1.807, 2.05) is 70.4 Å². The number of aromatic amines is 1. The number of hydrogen-bond acceptors (Lipinski definition) is 4. The van der Waals surface area contributed by atoms with E-state index in [-0.39, 0.29) is 11.9 Å². The highest BCUT2D eigenvalue weighted by Crippen LogP contribution is 2.23. The first kappa shape index (κ1) is 18.9. The van der Waals surface area contributed by atoms with Crippen molar-refractivity contribution in [3.63, 3.8) is 0 Å². The van der Waals surface area contributed by atoms with Gasteiger partial charge in [-0.15, -0.1) is 0 Å². The molecule has 2 heterocycles. The maximum atomic E-state index is 12.3. The zero-order chi connectivity index (χ0) is 19.4. The number of H-pyrrole nitrogens is 1. The van der Waals surface area contributed by atoms with Crippen LogP contribution in [0.2, 0.25) is 0 Å². The topological polar surface area (TPSA) is 74.2 Å². The molecule has 0 saturated heterocycles. The fourth-order valence-electron chi connectivity index (χ4n) is 2.77. The molecule has 6 heteroatoms. The second-order valence-electron chi connectivity index (χ2n) is 6.99. The molecule has 142 valence electrons. The number of rotatable bonds is 7. The Morgan fingerprint density at radius 2 is 1.93 bits per heavy atom. The number of benzene rings is 1. The van der Waals surface area contributed by atoms with Crippen molar-refractivity contribution in [1.29, 1.82) is 0 Å². The minimum Gasteiger partial charge on any atom is -0.460 e. The monoisotopic (exact) mass is 366 g/mol. The van der Waals surface area contributed by atoms with Crippen molar-refractivity contribution in [3.05, 3.63) is 65.0 Å². The molecule has 3 aromatic rings. The third kappa shape index (κ3) is 4.46. The molecule has 0 fully saturated rings. The van der Waals surface area contributed by atoms with Crippen molar-refractivity contribution < 1.29 is 9.21 Å². The number of carbonyl (C=O) groups excluding carboxylic acids is 1. The molecule has 0 aliphatic rings. The van der Waals surface area contributed by atoms with E-state index in [1.54, 1.807) is 4.90 Å². The van der Waals surface area contributed by atoms with Crippen molar-refractivity contribution in [1.82, 2.24) is 20.4 Å². The number of hydrogen-bond donors (Lipinski definition) is 2. The van der Waals surface area contributed by atoms with Crippen LogP contribution in [0.15, 0.2) is 47.0 Å². The molecule has 2 aromatic heterocycles. The van der Waals surface area contributed by atoms with Gasteiger partial charge < -0.3 is 14.6 Å². The third-order valence-corrected chi connectivity index (χ3v) is 4.65. The Kier molecular flexibility index (Phi) is 5.76. The highest BCUT2D eigenvalue weighted by atomic mass is 16.3. The highest BCUT2D eigenvalue weighted by Gasteiger charge is 2.14. The molecule has 0 bridgehead atoms. The third-order valence-electron chi connectivity index (χ3n) is 4.65. The summed E-state index contributed by atoms with van der Waals surface area (Å²) in [4.78, 5) is 14.1. The quantitative estimate of drug-likeness (QED) is 0.668. The molecule has 0 saturated carbocycles. The van der Waals surface area contributed by atoms with Crippen LogP contribution in [0.3, 0.4) is 0 Å². The normalized spacial score (nSPS) is 11.1. The standard InChI is InChI=1S/C21H26N4O2/c1-14(2)25(4)21(26)17-8-6-16(7-9-17)11-22-12-18-13-23-24-20(18)19-10-5-15(3)27-19/h5-10,13-14,22H,11-12H2,1-4H3,(H,23,24).